The number of aromatic nitrogens is 2. The minimum Gasteiger partial charge on any atom is -0.467 e. The summed E-state index contributed by atoms with van der Waals surface area (Å²) >= 11 is 1.23. The van der Waals surface area contributed by atoms with Crippen molar-refractivity contribution >= 4 is 27.5 Å². The van der Waals surface area contributed by atoms with Gasteiger partial charge in [0.1, 0.15) is 22.6 Å². The van der Waals surface area contributed by atoms with Gasteiger partial charge in [-0.05, 0) is 44.4 Å². The van der Waals surface area contributed by atoms with Crippen LogP contribution in [0.1, 0.15) is 26.5 Å². The predicted octanol–water partition coefficient (Wildman–Crippen LogP) is 2.21. The molecule has 3 aromatic rings. The van der Waals surface area contributed by atoms with Crippen LogP contribution in [0.15, 0.2) is 43.8 Å². The number of fused-ring (bicyclic) bond motifs is 1. The number of carbonyl (C=O) groups is 1. The highest BCUT2D eigenvalue weighted by molar-refractivity contribution is 7.17. The number of furan rings is 1. The van der Waals surface area contributed by atoms with E-state index < -0.39 is 22.8 Å². The molecule has 0 radical (unpaired) electrons. The summed E-state index contributed by atoms with van der Waals surface area (Å²) in [5.74, 6) is -0.0516. The number of rotatable bonds is 4. The molecule has 0 N–H and O–H groups in total. The number of hydrogen-bond donors (Lipinski definition) is 0. The van der Waals surface area contributed by atoms with Crippen molar-refractivity contribution in [2.75, 3.05) is 0 Å². The van der Waals surface area contributed by atoms with Crippen molar-refractivity contribution in [1.29, 1.82) is 0 Å². The SMILES string of the molecule is CC(C)(C)OC(=O)Cn1c(=O)n(Cc2ccco2)c(=O)c2sccc21. The van der Waals surface area contributed by atoms with E-state index in [0.29, 0.717) is 16.0 Å². The monoisotopic (exact) mass is 362 g/mol. The second kappa shape index (κ2) is 6.36. The fraction of sp³-hybridized carbons (Fsp3) is 0.353. The summed E-state index contributed by atoms with van der Waals surface area (Å²) in [5.41, 5.74) is -1.19. The average molecular weight is 362 g/mol. The van der Waals surface area contributed by atoms with E-state index in [0.717, 1.165) is 4.57 Å². The molecule has 0 saturated carbocycles. The fourth-order valence-electron chi connectivity index (χ4n) is 2.49. The van der Waals surface area contributed by atoms with Gasteiger partial charge in [-0.25, -0.2) is 4.79 Å². The first-order chi connectivity index (χ1) is 11.8. The zero-order valence-corrected chi connectivity index (χ0v) is 15.0. The largest absolute Gasteiger partial charge is 0.467 e. The minimum absolute atomic E-state index is 0.00677. The van der Waals surface area contributed by atoms with E-state index in [1.165, 1.54) is 22.2 Å². The Morgan fingerprint density at radius 1 is 1.24 bits per heavy atom. The van der Waals surface area contributed by atoms with Crippen LogP contribution in [0.25, 0.3) is 10.2 Å². The summed E-state index contributed by atoms with van der Waals surface area (Å²) in [6.45, 7) is 5.01. The topological polar surface area (TPSA) is 83.4 Å². The van der Waals surface area contributed by atoms with Gasteiger partial charge in [0.25, 0.3) is 5.56 Å². The molecule has 0 aromatic carbocycles. The minimum atomic E-state index is -0.656. The van der Waals surface area contributed by atoms with Gasteiger partial charge in [0, 0.05) is 0 Å². The number of ether oxygens (including phenoxy) is 1. The van der Waals surface area contributed by atoms with Crippen molar-refractivity contribution in [1.82, 2.24) is 9.13 Å². The van der Waals surface area contributed by atoms with Gasteiger partial charge >= 0.3 is 11.7 Å². The van der Waals surface area contributed by atoms with Crippen molar-refractivity contribution in [2.45, 2.75) is 39.5 Å². The Kier molecular flexibility index (Phi) is 4.38. The third kappa shape index (κ3) is 3.58. The molecule has 7 nitrogen and oxygen atoms in total. The van der Waals surface area contributed by atoms with Crippen LogP contribution in [0, 0.1) is 0 Å². The predicted molar refractivity (Wildman–Crippen MR) is 94.0 cm³/mol. The summed E-state index contributed by atoms with van der Waals surface area (Å²) in [6.07, 6.45) is 1.48. The second-order valence-corrected chi connectivity index (χ2v) is 7.48. The van der Waals surface area contributed by atoms with Crippen LogP contribution in [0.3, 0.4) is 0 Å². The summed E-state index contributed by atoms with van der Waals surface area (Å²) in [7, 11) is 0. The standard InChI is InChI=1S/C17H18N2O5S/c1-17(2,3)24-13(20)10-18-12-6-8-25-14(12)15(21)19(16(18)22)9-11-5-4-7-23-11/h4-8H,9-10H2,1-3H3. The van der Waals surface area contributed by atoms with Crippen molar-refractivity contribution in [3.05, 3.63) is 56.4 Å². The first-order valence-electron chi connectivity index (χ1n) is 7.71. The molecule has 0 atom stereocenters. The van der Waals surface area contributed by atoms with E-state index in [9.17, 15) is 14.4 Å². The van der Waals surface area contributed by atoms with Crippen molar-refractivity contribution in [3.63, 3.8) is 0 Å². The lowest BCUT2D eigenvalue weighted by atomic mass is 10.2. The van der Waals surface area contributed by atoms with Gasteiger partial charge in [-0.3, -0.25) is 18.7 Å². The van der Waals surface area contributed by atoms with E-state index in [1.807, 2.05) is 0 Å². The quantitative estimate of drug-likeness (QED) is 0.665. The zero-order chi connectivity index (χ0) is 18.2. The zero-order valence-electron chi connectivity index (χ0n) is 14.1. The smallest absolute Gasteiger partial charge is 0.332 e. The Balaban J connectivity index is 2.08. The van der Waals surface area contributed by atoms with Crippen LogP contribution in [0.5, 0.6) is 0 Å². The van der Waals surface area contributed by atoms with Crippen LogP contribution >= 0.6 is 11.3 Å². The van der Waals surface area contributed by atoms with E-state index in [-0.39, 0.29) is 13.1 Å². The van der Waals surface area contributed by atoms with E-state index in [2.05, 4.69) is 0 Å². The summed E-state index contributed by atoms with van der Waals surface area (Å²) in [6, 6.07) is 5.02. The van der Waals surface area contributed by atoms with Crippen LogP contribution in [0.4, 0.5) is 0 Å². The molecule has 0 spiro atoms. The number of thiophene rings is 1. The Hall–Kier alpha value is -2.61. The molecule has 0 aliphatic carbocycles. The lowest BCUT2D eigenvalue weighted by molar-refractivity contribution is -0.155. The normalized spacial score (nSPS) is 11.8. The molecule has 0 aliphatic heterocycles. The molecular weight excluding hydrogens is 344 g/mol. The molecule has 0 aliphatic rings. The Labute approximate surface area is 147 Å². The highest BCUT2D eigenvalue weighted by Gasteiger charge is 2.21. The third-order valence-corrected chi connectivity index (χ3v) is 4.33. The molecule has 132 valence electrons. The van der Waals surface area contributed by atoms with Crippen molar-refractivity contribution in [2.24, 2.45) is 0 Å². The number of esters is 1. The van der Waals surface area contributed by atoms with Gasteiger partial charge in [0.2, 0.25) is 0 Å². The van der Waals surface area contributed by atoms with Gasteiger partial charge in [0.15, 0.2) is 0 Å². The maximum atomic E-state index is 12.8. The van der Waals surface area contributed by atoms with Crippen LogP contribution in [-0.4, -0.2) is 20.7 Å². The molecule has 3 rings (SSSR count). The van der Waals surface area contributed by atoms with Gasteiger partial charge < -0.3 is 9.15 Å². The van der Waals surface area contributed by atoms with Gasteiger partial charge in [0.05, 0.1) is 18.3 Å². The van der Waals surface area contributed by atoms with Gasteiger partial charge in [-0.2, -0.15) is 0 Å². The lowest BCUT2D eigenvalue weighted by Crippen LogP contribution is -2.41. The maximum Gasteiger partial charge on any atom is 0.332 e. The van der Waals surface area contributed by atoms with Gasteiger partial charge in [-0.15, -0.1) is 11.3 Å². The van der Waals surface area contributed by atoms with Crippen LogP contribution < -0.4 is 11.2 Å². The Bertz CT molecular complexity index is 1020. The summed E-state index contributed by atoms with van der Waals surface area (Å²) in [5, 5.41) is 1.72. The Morgan fingerprint density at radius 3 is 2.64 bits per heavy atom. The molecule has 3 aromatic heterocycles. The first-order valence-corrected chi connectivity index (χ1v) is 8.59. The first kappa shape index (κ1) is 17.2. The molecule has 0 unspecified atom stereocenters. The fourth-order valence-corrected chi connectivity index (χ4v) is 3.33. The summed E-state index contributed by atoms with van der Waals surface area (Å²) in [4.78, 5) is 37.6. The van der Waals surface area contributed by atoms with Crippen molar-refractivity contribution < 1.29 is 13.9 Å². The molecular formula is C17H18N2O5S. The molecule has 0 amide bonds. The van der Waals surface area contributed by atoms with Crippen molar-refractivity contribution in [3.8, 4) is 0 Å². The summed E-state index contributed by atoms with van der Waals surface area (Å²) < 4.78 is 13.3. The second-order valence-electron chi connectivity index (χ2n) is 6.56. The van der Waals surface area contributed by atoms with Crippen LogP contribution in [0.2, 0.25) is 0 Å². The van der Waals surface area contributed by atoms with Crippen LogP contribution in [-0.2, 0) is 22.6 Å². The number of nitrogens with zero attached hydrogens (tertiary/aromatic N) is 2. The van der Waals surface area contributed by atoms with E-state index in [1.54, 1.807) is 44.4 Å². The lowest BCUT2D eigenvalue weighted by Gasteiger charge is -2.20. The third-order valence-electron chi connectivity index (χ3n) is 3.44. The number of carbonyl (C=O) groups excluding carboxylic acids is 1. The molecule has 25 heavy (non-hydrogen) atoms. The molecule has 0 bridgehead atoms. The Morgan fingerprint density at radius 2 is 2.00 bits per heavy atom. The van der Waals surface area contributed by atoms with E-state index >= 15 is 0 Å². The molecule has 8 heteroatoms. The maximum absolute atomic E-state index is 12.8. The molecule has 3 heterocycles. The van der Waals surface area contributed by atoms with E-state index in [4.69, 9.17) is 9.15 Å². The highest BCUT2D eigenvalue weighted by Crippen LogP contribution is 2.16. The molecule has 0 saturated heterocycles. The number of hydrogen-bond acceptors (Lipinski definition) is 6. The highest BCUT2D eigenvalue weighted by atomic mass is 32.1. The average Bonchev–Trinajstić information content (AvgIpc) is 3.17. The van der Waals surface area contributed by atoms with Gasteiger partial charge in [-0.1, -0.05) is 0 Å². The molecule has 0 fully saturated rings.